The van der Waals surface area contributed by atoms with E-state index in [2.05, 4.69) is 5.32 Å². The van der Waals surface area contributed by atoms with Crippen LogP contribution in [-0.2, 0) is 0 Å². The first-order valence-electron chi connectivity index (χ1n) is 5.74. The number of hydrogen-bond donors (Lipinski definition) is 2. The van der Waals surface area contributed by atoms with Gasteiger partial charge in [0.15, 0.2) is 5.78 Å². The Morgan fingerprint density at radius 2 is 1.83 bits per heavy atom. The average Bonchev–Trinajstić information content (AvgIpc) is 2.41. The summed E-state index contributed by atoms with van der Waals surface area (Å²) in [5, 5.41) is 12.9. The smallest absolute Gasteiger partial charge is 0.196 e. The zero-order valence-corrected chi connectivity index (χ0v) is 10.4. The number of phenolic OH excluding ortho intramolecular Hbond substituents is 1. The van der Waals surface area contributed by atoms with Gasteiger partial charge in [-0.1, -0.05) is 30.3 Å². The molecule has 3 nitrogen and oxygen atoms in total. The molecular weight excluding hydrogens is 226 g/mol. The number of carbonyl (C=O) groups excluding carboxylic acids is 1. The maximum absolute atomic E-state index is 12.3. The SMILES string of the molecule is CNc1cc(C)cc(C(=O)c2ccccc2)c1O. The first-order chi connectivity index (χ1) is 8.63. The van der Waals surface area contributed by atoms with Crippen LogP contribution in [0, 0.1) is 6.92 Å². The van der Waals surface area contributed by atoms with E-state index in [4.69, 9.17) is 0 Å². The molecular formula is C15H15NO2. The number of rotatable bonds is 3. The molecule has 2 N–H and O–H groups in total. The summed E-state index contributed by atoms with van der Waals surface area (Å²) in [6.07, 6.45) is 0. The summed E-state index contributed by atoms with van der Waals surface area (Å²) in [6.45, 7) is 1.89. The summed E-state index contributed by atoms with van der Waals surface area (Å²) < 4.78 is 0. The normalized spacial score (nSPS) is 10.1. The van der Waals surface area contributed by atoms with Crippen LogP contribution in [0.3, 0.4) is 0 Å². The minimum atomic E-state index is -0.173. The highest BCUT2D eigenvalue weighted by Gasteiger charge is 2.16. The Kier molecular flexibility index (Phi) is 3.33. The molecule has 0 radical (unpaired) electrons. The molecule has 92 valence electrons. The van der Waals surface area contributed by atoms with Crippen molar-refractivity contribution in [2.45, 2.75) is 6.92 Å². The van der Waals surface area contributed by atoms with Gasteiger partial charge in [-0.15, -0.1) is 0 Å². The Bertz CT molecular complexity index is 577. The van der Waals surface area contributed by atoms with Gasteiger partial charge in [0, 0.05) is 12.6 Å². The van der Waals surface area contributed by atoms with E-state index in [1.165, 1.54) is 0 Å². The van der Waals surface area contributed by atoms with Gasteiger partial charge < -0.3 is 10.4 Å². The zero-order chi connectivity index (χ0) is 13.1. The van der Waals surface area contributed by atoms with Crippen molar-refractivity contribution in [3.8, 4) is 5.75 Å². The minimum Gasteiger partial charge on any atom is -0.505 e. The molecule has 0 bridgehead atoms. The highest BCUT2D eigenvalue weighted by atomic mass is 16.3. The van der Waals surface area contributed by atoms with Crippen LogP contribution in [0.15, 0.2) is 42.5 Å². The van der Waals surface area contributed by atoms with E-state index in [1.807, 2.05) is 13.0 Å². The number of aryl methyl sites for hydroxylation is 1. The number of anilines is 1. The lowest BCUT2D eigenvalue weighted by Crippen LogP contribution is -2.03. The largest absolute Gasteiger partial charge is 0.505 e. The van der Waals surface area contributed by atoms with Crippen LogP contribution < -0.4 is 5.32 Å². The van der Waals surface area contributed by atoms with Gasteiger partial charge in [-0.05, 0) is 24.6 Å². The van der Waals surface area contributed by atoms with Gasteiger partial charge in [-0.3, -0.25) is 4.79 Å². The average molecular weight is 241 g/mol. The molecule has 0 aliphatic heterocycles. The second-order valence-electron chi connectivity index (χ2n) is 4.15. The van der Waals surface area contributed by atoms with Crippen LogP contribution in [0.25, 0.3) is 0 Å². The van der Waals surface area contributed by atoms with Crippen LogP contribution in [0.2, 0.25) is 0 Å². The van der Waals surface area contributed by atoms with E-state index >= 15 is 0 Å². The van der Waals surface area contributed by atoms with Gasteiger partial charge in [-0.2, -0.15) is 0 Å². The molecule has 2 rings (SSSR count). The molecule has 0 aliphatic rings. The highest BCUT2D eigenvalue weighted by molar-refractivity contribution is 6.11. The van der Waals surface area contributed by atoms with Gasteiger partial charge in [-0.25, -0.2) is 0 Å². The standard InChI is InChI=1S/C15H15NO2/c1-10-8-12(15(18)13(9-10)16-2)14(17)11-6-4-3-5-7-11/h3-9,16,18H,1-2H3. The van der Waals surface area contributed by atoms with Crippen molar-refractivity contribution in [2.24, 2.45) is 0 Å². The maximum Gasteiger partial charge on any atom is 0.196 e. The molecule has 0 unspecified atom stereocenters. The summed E-state index contributed by atoms with van der Waals surface area (Å²) in [6, 6.07) is 12.4. The second kappa shape index (κ2) is 4.92. The maximum atomic E-state index is 12.3. The fourth-order valence-corrected chi connectivity index (χ4v) is 1.89. The first kappa shape index (κ1) is 12.2. The highest BCUT2D eigenvalue weighted by Crippen LogP contribution is 2.30. The summed E-state index contributed by atoms with van der Waals surface area (Å²) in [5.74, 6) is -0.176. The van der Waals surface area contributed by atoms with Gasteiger partial charge >= 0.3 is 0 Å². The Labute approximate surface area is 106 Å². The van der Waals surface area contributed by atoms with E-state index in [0.29, 0.717) is 16.8 Å². The Morgan fingerprint density at radius 3 is 2.44 bits per heavy atom. The third-order valence-electron chi connectivity index (χ3n) is 2.80. The van der Waals surface area contributed by atoms with Crippen molar-refractivity contribution in [2.75, 3.05) is 12.4 Å². The predicted molar refractivity (Wildman–Crippen MR) is 72.3 cm³/mol. The lowest BCUT2D eigenvalue weighted by molar-refractivity contribution is 0.103. The molecule has 0 saturated heterocycles. The summed E-state index contributed by atoms with van der Waals surface area (Å²) >= 11 is 0. The Hall–Kier alpha value is -2.29. The third-order valence-corrected chi connectivity index (χ3v) is 2.80. The van der Waals surface area contributed by atoms with Gasteiger partial charge in [0.1, 0.15) is 5.75 Å². The zero-order valence-electron chi connectivity index (χ0n) is 10.4. The van der Waals surface area contributed by atoms with E-state index < -0.39 is 0 Å². The van der Waals surface area contributed by atoms with Crippen molar-refractivity contribution >= 4 is 11.5 Å². The van der Waals surface area contributed by atoms with Crippen LogP contribution in [0.1, 0.15) is 21.5 Å². The molecule has 2 aromatic carbocycles. The summed E-state index contributed by atoms with van der Waals surface area (Å²) in [7, 11) is 1.71. The third kappa shape index (κ3) is 2.20. The Morgan fingerprint density at radius 1 is 1.17 bits per heavy atom. The molecule has 0 spiro atoms. The first-order valence-corrected chi connectivity index (χ1v) is 5.74. The molecule has 0 amide bonds. The van der Waals surface area contributed by atoms with Crippen molar-refractivity contribution in [1.29, 1.82) is 0 Å². The van der Waals surface area contributed by atoms with Crippen LogP contribution >= 0.6 is 0 Å². The monoisotopic (exact) mass is 241 g/mol. The molecule has 0 aliphatic carbocycles. The van der Waals surface area contributed by atoms with E-state index in [-0.39, 0.29) is 11.5 Å². The van der Waals surface area contributed by atoms with E-state index in [0.717, 1.165) is 5.56 Å². The minimum absolute atomic E-state index is 0.00282. The quantitative estimate of drug-likeness (QED) is 0.641. The van der Waals surface area contributed by atoms with Gasteiger partial charge in [0.2, 0.25) is 0 Å². The molecule has 2 aromatic rings. The molecule has 0 atom stereocenters. The van der Waals surface area contributed by atoms with Crippen molar-refractivity contribution in [1.82, 2.24) is 0 Å². The molecule has 0 aromatic heterocycles. The van der Waals surface area contributed by atoms with Crippen LogP contribution in [-0.4, -0.2) is 17.9 Å². The predicted octanol–water partition coefficient (Wildman–Crippen LogP) is 2.97. The molecule has 0 fully saturated rings. The lowest BCUT2D eigenvalue weighted by Gasteiger charge is -2.10. The molecule has 0 heterocycles. The van der Waals surface area contributed by atoms with Crippen molar-refractivity contribution in [3.63, 3.8) is 0 Å². The number of nitrogens with one attached hydrogen (secondary N) is 1. The Balaban J connectivity index is 2.52. The van der Waals surface area contributed by atoms with Gasteiger partial charge in [0.05, 0.1) is 11.3 Å². The molecule has 3 heteroatoms. The summed E-state index contributed by atoms with van der Waals surface area (Å²) in [4.78, 5) is 12.3. The number of carbonyl (C=O) groups is 1. The van der Waals surface area contributed by atoms with E-state index in [1.54, 1.807) is 43.4 Å². The lowest BCUT2D eigenvalue weighted by atomic mass is 9.99. The molecule has 18 heavy (non-hydrogen) atoms. The van der Waals surface area contributed by atoms with Crippen molar-refractivity contribution < 1.29 is 9.90 Å². The molecule has 0 saturated carbocycles. The number of ketones is 1. The van der Waals surface area contributed by atoms with E-state index in [9.17, 15) is 9.90 Å². The number of benzene rings is 2. The van der Waals surface area contributed by atoms with Crippen LogP contribution in [0.4, 0.5) is 5.69 Å². The fraction of sp³-hybridized carbons (Fsp3) is 0.133. The van der Waals surface area contributed by atoms with Crippen molar-refractivity contribution in [3.05, 3.63) is 59.2 Å². The number of phenols is 1. The number of hydrogen-bond acceptors (Lipinski definition) is 3. The topological polar surface area (TPSA) is 49.3 Å². The van der Waals surface area contributed by atoms with Gasteiger partial charge in [0.25, 0.3) is 0 Å². The second-order valence-corrected chi connectivity index (χ2v) is 4.15. The summed E-state index contributed by atoms with van der Waals surface area (Å²) in [5.41, 5.74) is 2.39. The number of aromatic hydroxyl groups is 1. The van der Waals surface area contributed by atoms with Crippen LogP contribution in [0.5, 0.6) is 5.75 Å². The fourth-order valence-electron chi connectivity index (χ4n) is 1.89.